The topological polar surface area (TPSA) is 114 Å². The van der Waals surface area contributed by atoms with Crippen LogP contribution in [0.1, 0.15) is 27.7 Å². The summed E-state index contributed by atoms with van der Waals surface area (Å²) in [6, 6.07) is 0. The molecule has 5 atom stereocenters. The number of ether oxygens (including phenoxy) is 5. The Balaban J connectivity index is 3.18. The molecule has 0 saturated carbocycles. The number of hydrogen-bond donors (Lipinski definition) is 0. The van der Waals surface area contributed by atoms with Gasteiger partial charge in [-0.25, -0.2) is 0 Å². The molecule has 9 nitrogen and oxygen atoms in total. The van der Waals surface area contributed by atoms with Crippen molar-refractivity contribution in [2.45, 2.75) is 58.2 Å². The standard InChI is InChI=1S/C15H21BrO9/c1-7(17)21-6-12-14(23-9(3)19)15(24-10(4)20)13(22-8(2)18)11(5-16)25-12/h11-15H,5-6H2,1-4H3/t11?,12-,13+,14+,15-/m1/s1. The number of esters is 4. The Morgan fingerprint density at radius 1 is 0.760 bits per heavy atom. The SMILES string of the molecule is CC(=O)OC[C@H]1OC(CBr)[C@H](OC(C)=O)[C@@H](OC(C)=O)[C@H]1OC(C)=O. The third-order valence-electron chi connectivity index (χ3n) is 3.24. The van der Waals surface area contributed by atoms with Crippen molar-refractivity contribution in [1.29, 1.82) is 0 Å². The minimum atomic E-state index is -1.11. The van der Waals surface area contributed by atoms with Gasteiger partial charge in [0.15, 0.2) is 18.3 Å². The molecule has 10 heteroatoms. The molecule has 0 aromatic rings. The average Bonchev–Trinajstić information content (AvgIpc) is 2.48. The molecule has 0 aromatic heterocycles. The molecule has 0 amide bonds. The van der Waals surface area contributed by atoms with Gasteiger partial charge >= 0.3 is 23.9 Å². The molecule has 0 bridgehead atoms. The van der Waals surface area contributed by atoms with E-state index in [0.717, 1.165) is 0 Å². The minimum absolute atomic E-state index is 0.221. The predicted molar refractivity (Wildman–Crippen MR) is 85.8 cm³/mol. The van der Waals surface area contributed by atoms with Crippen LogP contribution in [0.4, 0.5) is 0 Å². The maximum absolute atomic E-state index is 11.5. The fourth-order valence-electron chi connectivity index (χ4n) is 2.44. The lowest BCUT2D eigenvalue weighted by Crippen LogP contribution is -2.62. The lowest BCUT2D eigenvalue weighted by atomic mass is 9.95. The molecule has 1 saturated heterocycles. The normalized spacial score (nSPS) is 28.6. The van der Waals surface area contributed by atoms with Crippen molar-refractivity contribution in [3.05, 3.63) is 0 Å². The second kappa shape index (κ2) is 9.71. The van der Waals surface area contributed by atoms with Crippen LogP contribution in [0.3, 0.4) is 0 Å². The quantitative estimate of drug-likeness (QED) is 0.341. The second-order valence-corrected chi connectivity index (χ2v) is 6.04. The van der Waals surface area contributed by atoms with Crippen molar-refractivity contribution in [1.82, 2.24) is 0 Å². The third-order valence-corrected chi connectivity index (χ3v) is 3.88. The summed E-state index contributed by atoms with van der Waals surface area (Å²) in [5.41, 5.74) is 0. The van der Waals surface area contributed by atoms with Crippen molar-refractivity contribution in [2.75, 3.05) is 11.9 Å². The molecule has 1 aliphatic heterocycles. The molecule has 0 aromatic carbocycles. The van der Waals surface area contributed by atoms with E-state index in [2.05, 4.69) is 15.9 Å². The van der Waals surface area contributed by atoms with E-state index in [1.165, 1.54) is 27.7 Å². The lowest BCUT2D eigenvalue weighted by molar-refractivity contribution is -0.248. The van der Waals surface area contributed by atoms with Crippen molar-refractivity contribution < 1.29 is 42.9 Å². The first-order valence-corrected chi connectivity index (χ1v) is 8.64. The van der Waals surface area contributed by atoms with Crippen LogP contribution in [0.25, 0.3) is 0 Å². The molecule has 0 N–H and O–H groups in total. The summed E-state index contributed by atoms with van der Waals surface area (Å²) < 4.78 is 26.4. The van der Waals surface area contributed by atoms with Gasteiger partial charge in [0.1, 0.15) is 18.8 Å². The van der Waals surface area contributed by atoms with E-state index < -0.39 is 54.4 Å². The van der Waals surface area contributed by atoms with E-state index in [0.29, 0.717) is 0 Å². The molecule has 1 aliphatic rings. The molecule has 1 rings (SSSR count). The first kappa shape index (κ1) is 21.4. The number of alkyl halides is 1. The number of halogens is 1. The van der Waals surface area contributed by atoms with E-state index in [4.69, 9.17) is 23.7 Å². The predicted octanol–water partition coefficient (Wildman–Crippen LogP) is 0.507. The Hall–Kier alpha value is -1.68. The van der Waals surface area contributed by atoms with Gasteiger partial charge in [0, 0.05) is 33.0 Å². The van der Waals surface area contributed by atoms with Gasteiger partial charge in [-0.1, -0.05) is 15.9 Å². The summed E-state index contributed by atoms with van der Waals surface area (Å²) in [7, 11) is 0. The average molecular weight is 425 g/mol. The first-order chi connectivity index (χ1) is 11.6. The van der Waals surface area contributed by atoms with Crippen molar-refractivity contribution in [3.8, 4) is 0 Å². The van der Waals surface area contributed by atoms with Crippen LogP contribution in [0, 0.1) is 0 Å². The summed E-state index contributed by atoms with van der Waals surface area (Å²) in [5, 5.41) is 0.242. The Kier molecular flexibility index (Phi) is 8.30. The molecule has 1 heterocycles. The highest BCUT2D eigenvalue weighted by Crippen LogP contribution is 2.30. The van der Waals surface area contributed by atoms with Crippen LogP contribution in [0.2, 0.25) is 0 Å². The third kappa shape index (κ3) is 6.62. The van der Waals surface area contributed by atoms with E-state index in [1.54, 1.807) is 0 Å². The minimum Gasteiger partial charge on any atom is -0.463 e. The number of carbonyl (C=O) groups excluding carboxylic acids is 4. The van der Waals surface area contributed by atoms with Gasteiger partial charge in [-0.2, -0.15) is 0 Å². The van der Waals surface area contributed by atoms with Gasteiger partial charge in [-0.3, -0.25) is 19.2 Å². The Labute approximate surface area is 153 Å². The number of hydrogen-bond acceptors (Lipinski definition) is 9. The van der Waals surface area contributed by atoms with Gasteiger partial charge in [-0.15, -0.1) is 0 Å². The Morgan fingerprint density at radius 3 is 1.60 bits per heavy atom. The van der Waals surface area contributed by atoms with Crippen molar-refractivity contribution in [3.63, 3.8) is 0 Å². The highest BCUT2D eigenvalue weighted by atomic mass is 79.9. The largest absolute Gasteiger partial charge is 0.463 e. The van der Waals surface area contributed by atoms with Gasteiger partial charge in [0.05, 0.1) is 0 Å². The maximum atomic E-state index is 11.5. The van der Waals surface area contributed by atoms with Crippen LogP contribution < -0.4 is 0 Å². The molecule has 0 radical (unpaired) electrons. The van der Waals surface area contributed by atoms with Crippen LogP contribution in [-0.2, 0) is 42.9 Å². The van der Waals surface area contributed by atoms with Crippen molar-refractivity contribution >= 4 is 39.8 Å². The van der Waals surface area contributed by atoms with Crippen molar-refractivity contribution in [2.24, 2.45) is 0 Å². The Bertz CT molecular complexity index is 521. The van der Waals surface area contributed by atoms with Crippen LogP contribution >= 0.6 is 15.9 Å². The zero-order valence-electron chi connectivity index (χ0n) is 14.4. The fourth-order valence-corrected chi connectivity index (χ4v) is 2.96. The van der Waals surface area contributed by atoms with E-state index in [-0.39, 0.29) is 11.9 Å². The highest BCUT2D eigenvalue weighted by Gasteiger charge is 2.51. The van der Waals surface area contributed by atoms with E-state index >= 15 is 0 Å². The summed E-state index contributed by atoms with van der Waals surface area (Å²) in [6.07, 6.45) is -4.83. The van der Waals surface area contributed by atoms with Gasteiger partial charge in [0.25, 0.3) is 0 Å². The van der Waals surface area contributed by atoms with Crippen LogP contribution in [0.5, 0.6) is 0 Å². The monoisotopic (exact) mass is 424 g/mol. The Morgan fingerprint density at radius 2 is 1.20 bits per heavy atom. The van der Waals surface area contributed by atoms with Crippen LogP contribution in [0.15, 0.2) is 0 Å². The second-order valence-electron chi connectivity index (χ2n) is 5.39. The molecule has 0 aliphatic carbocycles. The molecule has 1 unspecified atom stereocenters. The zero-order chi connectivity index (χ0) is 19.1. The van der Waals surface area contributed by atoms with E-state index in [9.17, 15) is 19.2 Å². The lowest BCUT2D eigenvalue weighted by Gasteiger charge is -2.44. The van der Waals surface area contributed by atoms with E-state index in [1.807, 2.05) is 0 Å². The molecular weight excluding hydrogens is 404 g/mol. The fraction of sp³-hybridized carbons (Fsp3) is 0.733. The van der Waals surface area contributed by atoms with Crippen LogP contribution in [-0.4, -0.2) is 66.3 Å². The van der Waals surface area contributed by atoms with Gasteiger partial charge in [-0.05, 0) is 0 Å². The summed E-state index contributed by atoms with van der Waals surface area (Å²) in [6.45, 7) is 4.54. The summed E-state index contributed by atoms with van der Waals surface area (Å²) in [4.78, 5) is 45.5. The molecule has 142 valence electrons. The smallest absolute Gasteiger partial charge is 0.303 e. The summed E-state index contributed by atoms with van der Waals surface area (Å²) >= 11 is 3.24. The number of rotatable bonds is 6. The molecule has 25 heavy (non-hydrogen) atoms. The maximum Gasteiger partial charge on any atom is 0.303 e. The zero-order valence-corrected chi connectivity index (χ0v) is 15.9. The van der Waals surface area contributed by atoms with Gasteiger partial charge in [0.2, 0.25) is 0 Å². The summed E-state index contributed by atoms with van der Waals surface area (Å²) in [5.74, 6) is -2.47. The highest BCUT2D eigenvalue weighted by molar-refractivity contribution is 9.09. The molecular formula is C15H21BrO9. The molecule has 1 fully saturated rings. The first-order valence-electron chi connectivity index (χ1n) is 7.52. The number of carbonyl (C=O) groups is 4. The van der Waals surface area contributed by atoms with Gasteiger partial charge < -0.3 is 23.7 Å². The molecule has 0 spiro atoms.